The number of nitrogens with one attached hydrogen (secondary N) is 1. The van der Waals surface area contributed by atoms with Crippen molar-refractivity contribution in [2.45, 2.75) is 58.1 Å². The second-order valence-electron chi connectivity index (χ2n) is 4.13. The minimum Gasteiger partial charge on any atom is -0.393 e. The largest absolute Gasteiger partial charge is 0.393 e. The fourth-order valence-corrected chi connectivity index (χ4v) is 2.41. The summed E-state index contributed by atoms with van der Waals surface area (Å²) in [4.78, 5) is 0. The van der Waals surface area contributed by atoms with Crippen LogP contribution in [0.5, 0.6) is 0 Å². The summed E-state index contributed by atoms with van der Waals surface area (Å²) >= 11 is 0. The predicted molar refractivity (Wildman–Crippen MR) is 55.7 cm³/mol. The highest BCUT2D eigenvalue weighted by Crippen LogP contribution is 2.23. The molecule has 2 nitrogen and oxygen atoms in total. The van der Waals surface area contributed by atoms with E-state index in [0.29, 0.717) is 12.0 Å². The number of aliphatic hydroxyl groups is 1. The third-order valence-corrected chi connectivity index (χ3v) is 3.17. The lowest BCUT2D eigenvalue weighted by Crippen LogP contribution is -2.37. The summed E-state index contributed by atoms with van der Waals surface area (Å²) in [5.74, 6) is 0.474. The molecule has 13 heavy (non-hydrogen) atoms. The molecule has 1 aliphatic rings. The first kappa shape index (κ1) is 11.0. The zero-order chi connectivity index (χ0) is 9.68. The van der Waals surface area contributed by atoms with Crippen molar-refractivity contribution in [1.29, 1.82) is 0 Å². The Bertz CT molecular complexity index is 132. The van der Waals surface area contributed by atoms with Gasteiger partial charge in [0, 0.05) is 6.04 Å². The van der Waals surface area contributed by atoms with Gasteiger partial charge in [0.1, 0.15) is 0 Å². The van der Waals surface area contributed by atoms with Crippen molar-refractivity contribution in [2.24, 2.45) is 5.92 Å². The van der Waals surface area contributed by atoms with E-state index in [0.717, 1.165) is 25.8 Å². The van der Waals surface area contributed by atoms with Crippen LogP contribution < -0.4 is 5.32 Å². The Morgan fingerprint density at radius 2 is 2.23 bits per heavy atom. The Balaban J connectivity index is 2.39. The second-order valence-corrected chi connectivity index (χ2v) is 4.13. The fraction of sp³-hybridized carbons (Fsp3) is 1.00. The molecular formula is C11H23NO. The van der Waals surface area contributed by atoms with Crippen molar-refractivity contribution in [3.05, 3.63) is 0 Å². The summed E-state index contributed by atoms with van der Waals surface area (Å²) in [6.07, 6.45) is 5.57. The van der Waals surface area contributed by atoms with Gasteiger partial charge < -0.3 is 10.4 Å². The maximum Gasteiger partial charge on any atom is 0.0583 e. The zero-order valence-electron chi connectivity index (χ0n) is 8.92. The van der Waals surface area contributed by atoms with Crippen molar-refractivity contribution in [1.82, 2.24) is 5.32 Å². The topological polar surface area (TPSA) is 32.3 Å². The summed E-state index contributed by atoms with van der Waals surface area (Å²) < 4.78 is 0. The number of hydrogen-bond donors (Lipinski definition) is 2. The highest BCUT2D eigenvalue weighted by Gasteiger charge is 2.28. The van der Waals surface area contributed by atoms with Crippen LogP contribution in [-0.4, -0.2) is 23.8 Å². The third kappa shape index (κ3) is 2.96. The first-order valence-corrected chi connectivity index (χ1v) is 5.71. The maximum absolute atomic E-state index is 9.93. The maximum atomic E-state index is 9.93. The van der Waals surface area contributed by atoms with Crippen molar-refractivity contribution >= 4 is 0 Å². The van der Waals surface area contributed by atoms with Gasteiger partial charge in [0.05, 0.1) is 6.10 Å². The summed E-state index contributed by atoms with van der Waals surface area (Å²) in [5, 5.41) is 13.4. The van der Waals surface area contributed by atoms with E-state index in [9.17, 15) is 5.11 Å². The number of hydrogen-bond acceptors (Lipinski definition) is 2. The van der Waals surface area contributed by atoms with Crippen molar-refractivity contribution in [3.63, 3.8) is 0 Å². The van der Waals surface area contributed by atoms with Gasteiger partial charge in [-0.15, -0.1) is 0 Å². The van der Waals surface area contributed by atoms with E-state index in [4.69, 9.17) is 0 Å². The highest BCUT2D eigenvalue weighted by molar-refractivity contribution is 4.84. The van der Waals surface area contributed by atoms with Gasteiger partial charge in [0.15, 0.2) is 0 Å². The van der Waals surface area contributed by atoms with Gasteiger partial charge in [0.25, 0.3) is 0 Å². The van der Waals surface area contributed by atoms with Crippen LogP contribution >= 0.6 is 0 Å². The van der Waals surface area contributed by atoms with Gasteiger partial charge in [-0.25, -0.2) is 0 Å². The van der Waals surface area contributed by atoms with Crippen LogP contribution in [0, 0.1) is 5.92 Å². The van der Waals surface area contributed by atoms with Gasteiger partial charge in [-0.05, 0) is 38.1 Å². The predicted octanol–water partition coefficient (Wildman–Crippen LogP) is 1.93. The van der Waals surface area contributed by atoms with E-state index in [-0.39, 0.29) is 6.10 Å². The zero-order valence-corrected chi connectivity index (χ0v) is 8.92. The van der Waals surface area contributed by atoms with E-state index in [1.807, 2.05) is 0 Å². The van der Waals surface area contributed by atoms with Crippen LogP contribution in [0.1, 0.15) is 46.0 Å². The molecule has 0 saturated carbocycles. The monoisotopic (exact) mass is 185 g/mol. The van der Waals surface area contributed by atoms with Crippen molar-refractivity contribution in [2.75, 3.05) is 6.54 Å². The Hall–Kier alpha value is -0.0800. The van der Waals surface area contributed by atoms with Crippen LogP contribution in [0.25, 0.3) is 0 Å². The molecule has 0 amide bonds. The van der Waals surface area contributed by atoms with E-state index in [1.165, 1.54) is 12.8 Å². The second kappa shape index (κ2) is 5.61. The molecule has 1 heterocycles. The molecule has 1 fully saturated rings. The quantitative estimate of drug-likeness (QED) is 0.686. The lowest BCUT2D eigenvalue weighted by atomic mass is 9.88. The van der Waals surface area contributed by atoms with Gasteiger partial charge in [-0.1, -0.05) is 20.3 Å². The lowest BCUT2D eigenvalue weighted by Gasteiger charge is -2.27. The van der Waals surface area contributed by atoms with Crippen LogP contribution in [0.4, 0.5) is 0 Å². The Morgan fingerprint density at radius 3 is 2.69 bits per heavy atom. The van der Waals surface area contributed by atoms with Crippen LogP contribution in [0.3, 0.4) is 0 Å². The third-order valence-electron chi connectivity index (χ3n) is 3.17. The van der Waals surface area contributed by atoms with E-state index >= 15 is 0 Å². The summed E-state index contributed by atoms with van der Waals surface area (Å²) in [6, 6.07) is 0.576. The summed E-state index contributed by atoms with van der Waals surface area (Å²) in [6.45, 7) is 5.46. The van der Waals surface area contributed by atoms with Crippen LogP contribution in [0.2, 0.25) is 0 Å². The van der Waals surface area contributed by atoms with Gasteiger partial charge >= 0.3 is 0 Å². The molecule has 0 bridgehead atoms. The first-order chi connectivity index (χ1) is 6.29. The van der Waals surface area contributed by atoms with Crippen LogP contribution in [-0.2, 0) is 0 Å². The van der Waals surface area contributed by atoms with E-state index in [2.05, 4.69) is 19.2 Å². The molecule has 0 radical (unpaired) electrons. The lowest BCUT2D eigenvalue weighted by molar-refractivity contribution is 0.0771. The molecule has 78 valence electrons. The first-order valence-electron chi connectivity index (χ1n) is 5.71. The Kier molecular flexibility index (Phi) is 4.74. The van der Waals surface area contributed by atoms with Crippen molar-refractivity contribution < 1.29 is 5.11 Å². The fourth-order valence-electron chi connectivity index (χ4n) is 2.41. The normalized spacial score (nSPS) is 27.5. The summed E-state index contributed by atoms with van der Waals surface area (Å²) in [5.41, 5.74) is 0. The molecule has 0 aromatic heterocycles. The van der Waals surface area contributed by atoms with Crippen LogP contribution in [0.15, 0.2) is 0 Å². The van der Waals surface area contributed by atoms with Gasteiger partial charge in [-0.3, -0.25) is 0 Å². The highest BCUT2D eigenvalue weighted by atomic mass is 16.3. The average molecular weight is 185 g/mol. The van der Waals surface area contributed by atoms with Crippen molar-refractivity contribution in [3.8, 4) is 0 Å². The minimum absolute atomic E-state index is 0.0920. The Labute approximate surface area is 81.7 Å². The average Bonchev–Trinajstić information content (AvgIpc) is 2.59. The molecule has 2 heteroatoms. The molecule has 0 aromatic rings. The molecular weight excluding hydrogens is 162 g/mol. The molecule has 1 saturated heterocycles. The molecule has 3 atom stereocenters. The summed E-state index contributed by atoms with van der Waals surface area (Å²) in [7, 11) is 0. The molecule has 1 aliphatic heterocycles. The number of aliphatic hydroxyl groups excluding tert-OH is 1. The van der Waals surface area contributed by atoms with Gasteiger partial charge in [-0.2, -0.15) is 0 Å². The van der Waals surface area contributed by atoms with E-state index in [1.54, 1.807) is 0 Å². The van der Waals surface area contributed by atoms with E-state index < -0.39 is 0 Å². The molecule has 3 unspecified atom stereocenters. The minimum atomic E-state index is -0.0920. The number of rotatable bonds is 5. The standard InChI is InChI=1S/C11H23NO/c1-3-6-11(13)9(4-2)10-7-5-8-12-10/h9-13H,3-8H2,1-2H3. The molecule has 0 aromatic carbocycles. The smallest absolute Gasteiger partial charge is 0.0583 e. The van der Waals surface area contributed by atoms with Gasteiger partial charge in [0.2, 0.25) is 0 Å². The molecule has 0 spiro atoms. The Morgan fingerprint density at radius 1 is 1.46 bits per heavy atom. The SMILES string of the molecule is CCCC(O)C(CC)C1CCCN1. The molecule has 1 rings (SSSR count). The molecule has 0 aliphatic carbocycles. The molecule has 2 N–H and O–H groups in total.